The molecule has 0 fully saturated rings. The summed E-state index contributed by atoms with van der Waals surface area (Å²) in [5.41, 5.74) is -0.0976. The average molecular weight is 483 g/mol. The second kappa shape index (κ2) is 10.6. The summed E-state index contributed by atoms with van der Waals surface area (Å²) in [4.78, 5) is 36.9. The highest BCUT2D eigenvalue weighted by atomic mass is 35.5. The summed E-state index contributed by atoms with van der Waals surface area (Å²) >= 11 is 12.1. The van der Waals surface area contributed by atoms with Crippen LogP contribution in [-0.2, 0) is 20.7 Å². The second-order valence-electron chi connectivity index (χ2n) is 7.83. The maximum Gasteiger partial charge on any atom is 0.408 e. The zero-order valence-corrected chi connectivity index (χ0v) is 19.5. The minimum Gasteiger partial charge on any atom is -0.506 e. The molecule has 0 saturated carbocycles. The van der Waals surface area contributed by atoms with E-state index in [1.807, 2.05) is 0 Å². The van der Waals surface area contributed by atoms with Gasteiger partial charge in [0.05, 0.1) is 28.4 Å². The molecule has 3 N–H and O–H groups in total. The van der Waals surface area contributed by atoms with Crippen LogP contribution in [0.4, 0.5) is 10.5 Å². The van der Waals surface area contributed by atoms with Gasteiger partial charge in [-0.2, -0.15) is 0 Å². The molecule has 1 atom stereocenters. The largest absolute Gasteiger partial charge is 0.506 e. The Kier molecular flexibility index (Phi) is 8.35. The molecule has 2 amide bonds. The van der Waals surface area contributed by atoms with E-state index in [0.717, 1.165) is 0 Å². The van der Waals surface area contributed by atoms with Crippen molar-refractivity contribution in [2.75, 3.05) is 12.4 Å². The van der Waals surface area contributed by atoms with Crippen molar-refractivity contribution in [1.29, 1.82) is 0 Å². The number of benzene rings is 2. The Morgan fingerprint density at radius 1 is 1.09 bits per heavy atom. The molecule has 0 spiro atoms. The Morgan fingerprint density at radius 3 is 2.28 bits per heavy atom. The van der Waals surface area contributed by atoms with Crippen LogP contribution in [0.2, 0.25) is 10.0 Å². The van der Waals surface area contributed by atoms with Crippen LogP contribution in [-0.4, -0.2) is 41.8 Å². The number of phenolic OH excluding ortho intramolecular Hbond substituents is 1. The van der Waals surface area contributed by atoms with Crippen molar-refractivity contribution < 1.29 is 29.0 Å². The lowest BCUT2D eigenvalue weighted by molar-refractivity contribution is -0.143. The third kappa shape index (κ3) is 7.03. The van der Waals surface area contributed by atoms with Gasteiger partial charge in [-0.15, -0.1) is 0 Å². The summed E-state index contributed by atoms with van der Waals surface area (Å²) in [6.07, 6.45) is -0.768. The lowest BCUT2D eigenvalue weighted by Gasteiger charge is -2.22. The molecule has 0 radical (unpaired) electrons. The lowest BCUT2D eigenvalue weighted by atomic mass is 10.0. The maximum absolute atomic E-state index is 12.6. The number of carbonyl (C=O) groups is 3. The molecule has 2 aromatic rings. The van der Waals surface area contributed by atoms with Gasteiger partial charge in [0.25, 0.3) is 5.91 Å². The van der Waals surface area contributed by atoms with Crippen LogP contribution in [0.25, 0.3) is 0 Å². The topological polar surface area (TPSA) is 114 Å². The minimum atomic E-state index is -1.05. The number of amides is 2. The van der Waals surface area contributed by atoms with Gasteiger partial charge in [-0.3, -0.25) is 4.79 Å². The number of esters is 1. The minimum absolute atomic E-state index is 0.0158. The summed E-state index contributed by atoms with van der Waals surface area (Å²) in [5.74, 6) is -1.51. The molecular weight excluding hydrogens is 459 g/mol. The molecule has 32 heavy (non-hydrogen) atoms. The molecule has 0 unspecified atom stereocenters. The zero-order chi connectivity index (χ0) is 24.1. The Morgan fingerprint density at radius 2 is 1.72 bits per heavy atom. The van der Waals surface area contributed by atoms with Crippen molar-refractivity contribution in [3.05, 3.63) is 57.6 Å². The number of rotatable bonds is 6. The molecule has 0 aliphatic heterocycles. The van der Waals surface area contributed by atoms with E-state index < -0.39 is 29.6 Å². The Labute approximate surface area is 195 Å². The number of alkyl carbamates (subject to hydrolysis) is 1. The van der Waals surface area contributed by atoms with Crippen LogP contribution in [0.15, 0.2) is 36.4 Å². The zero-order valence-electron chi connectivity index (χ0n) is 18.0. The monoisotopic (exact) mass is 482 g/mol. The number of hydrogen-bond donors (Lipinski definition) is 3. The fourth-order valence-electron chi connectivity index (χ4n) is 2.73. The van der Waals surface area contributed by atoms with Crippen molar-refractivity contribution >= 4 is 46.9 Å². The predicted octanol–water partition coefficient (Wildman–Crippen LogP) is 4.56. The molecule has 10 heteroatoms. The molecule has 0 saturated heterocycles. The molecule has 172 valence electrons. The number of carbonyl (C=O) groups excluding carboxylic acids is 3. The normalized spacial score (nSPS) is 11.9. The number of hydrogen-bond acceptors (Lipinski definition) is 6. The van der Waals surface area contributed by atoms with E-state index in [2.05, 4.69) is 10.6 Å². The summed E-state index contributed by atoms with van der Waals surface area (Å²) in [7, 11) is 1.20. The van der Waals surface area contributed by atoms with Gasteiger partial charge in [-0.25, -0.2) is 9.59 Å². The summed E-state index contributed by atoms with van der Waals surface area (Å²) in [5, 5.41) is 15.5. The Balaban J connectivity index is 2.23. The molecule has 2 aromatic carbocycles. The first kappa shape index (κ1) is 25.3. The van der Waals surface area contributed by atoms with Gasteiger partial charge >= 0.3 is 12.1 Å². The molecule has 0 heterocycles. The van der Waals surface area contributed by atoms with Gasteiger partial charge in [0, 0.05) is 6.42 Å². The summed E-state index contributed by atoms with van der Waals surface area (Å²) in [6.45, 7) is 5.08. The van der Waals surface area contributed by atoms with Crippen LogP contribution in [0.5, 0.6) is 5.75 Å². The van der Waals surface area contributed by atoms with Gasteiger partial charge in [0.1, 0.15) is 17.4 Å². The lowest BCUT2D eigenvalue weighted by Crippen LogP contribution is -2.45. The van der Waals surface area contributed by atoms with Crippen molar-refractivity contribution in [1.82, 2.24) is 5.32 Å². The number of phenols is 1. The number of methoxy groups -OCH3 is 1. The molecule has 0 aliphatic carbocycles. The highest BCUT2D eigenvalue weighted by Gasteiger charge is 2.26. The number of halogens is 2. The number of anilines is 1. The van der Waals surface area contributed by atoms with Gasteiger partial charge in [0.15, 0.2) is 0 Å². The van der Waals surface area contributed by atoms with Crippen molar-refractivity contribution in [2.24, 2.45) is 0 Å². The van der Waals surface area contributed by atoms with Gasteiger partial charge in [-0.05, 0) is 50.6 Å². The highest BCUT2D eigenvalue weighted by Crippen LogP contribution is 2.29. The van der Waals surface area contributed by atoms with E-state index in [1.165, 1.54) is 31.4 Å². The van der Waals surface area contributed by atoms with Crippen LogP contribution < -0.4 is 10.6 Å². The van der Waals surface area contributed by atoms with E-state index >= 15 is 0 Å². The van der Waals surface area contributed by atoms with Gasteiger partial charge in [0.2, 0.25) is 0 Å². The maximum atomic E-state index is 12.6. The van der Waals surface area contributed by atoms with Crippen LogP contribution >= 0.6 is 23.2 Å². The van der Waals surface area contributed by atoms with Gasteiger partial charge < -0.3 is 25.2 Å². The third-order valence-electron chi connectivity index (χ3n) is 4.12. The van der Waals surface area contributed by atoms with Crippen LogP contribution in [0, 0.1) is 0 Å². The SMILES string of the molecule is COC(=O)[C@H](Cc1ccc(O)c(NC(=O)c2c(Cl)cccc2Cl)c1)NC(=O)OC(C)(C)C. The molecule has 0 bridgehead atoms. The highest BCUT2D eigenvalue weighted by molar-refractivity contribution is 6.40. The Bertz CT molecular complexity index is 1000. The number of ether oxygens (including phenoxy) is 2. The van der Waals surface area contributed by atoms with Crippen LogP contribution in [0.1, 0.15) is 36.7 Å². The van der Waals surface area contributed by atoms with E-state index in [4.69, 9.17) is 32.7 Å². The molecule has 8 nitrogen and oxygen atoms in total. The van der Waals surface area contributed by atoms with E-state index in [0.29, 0.717) is 5.56 Å². The fourth-order valence-corrected chi connectivity index (χ4v) is 3.30. The Hall–Kier alpha value is -2.97. The fraction of sp³-hybridized carbons (Fsp3) is 0.318. The predicted molar refractivity (Wildman–Crippen MR) is 121 cm³/mol. The number of nitrogens with one attached hydrogen (secondary N) is 2. The molecular formula is C22H24Cl2N2O6. The van der Waals surface area contributed by atoms with Crippen LogP contribution in [0.3, 0.4) is 0 Å². The van der Waals surface area contributed by atoms with E-state index in [9.17, 15) is 19.5 Å². The first-order valence-corrected chi connectivity index (χ1v) is 10.3. The molecule has 0 aliphatic rings. The first-order valence-electron chi connectivity index (χ1n) is 9.56. The quantitative estimate of drug-likeness (QED) is 0.410. The van der Waals surface area contributed by atoms with Crippen molar-refractivity contribution in [2.45, 2.75) is 38.8 Å². The number of aromatic hydroxyl groups is 1. The third-order valence-corrected chi connectivity index (χ3v) is 4.75. The standard InChI is InChI=1S/C22H24Cl2N2O6/c1-22(2,3)32-21(30)26-16(20(29)31-4)11-12-8-9-17(27)15(10-12)25-19(28)18-13(23)6-5-7-14(18)24/h5-10,16,27H,11H2,1-4H3,(H,25,28)(H,26,30)/t16-/m0/s1. The van der Waals surface area contributed by atoms with E-state index in [1.54, 1.807) is 32.9 Å². The smallest absolute Gasteiger partial charge is 0.408 e. The van der Waals surface area contributed by atoms with Crippen molar-refractivity contribution in [3.63, 3.8) is 0 Å². The average Bonchev–Trinajstić information content (AvgIpc) is 2.67. The first-order chi connectivity index (χ1) is 14.9. The summed E-state index contributed by atoms with van der Waals surface area (Å²) < 4.78 is 9.95. The van der Waals surface area contributed by atoms with E-state index in [-0.39, 0.29) is 33.5 Å². The summed E-state index contributed by atoms with van der Waals surface area (Å²) in [6, 6.07) is 7.93. The molecule has 2 rings (SSSR count). The van der Waals surface area contributed by atoms with Gasteiger partial charge in [-0.1, -0.05) is 35.3 Å². The molecule has 0 aromatic heterocycles. The van der Waals surface area contributed by atoms with Crippen molar-refractivity contribution in [3.8, 4) is 5.75 Å². The second-order valence-corrected chi connectivity index (χ2v) is 8.64.